The zero-order chi connectivity index (χ0) is 14.8. The van der Waals surface area contributed by atoms with Crippen LogP contribution in [0, 0.1) is 5.82 Å². The summed E-state index contributed by atoms with van der Waals surface area (Å²) in [7, 11) is 0. The van der Waals surface area contributed by atoms with Gasteiger partial charge in [-0.05, 0) is 56.3 Å². The van der Waals surface area contributed by atoms with Crippen LogP contribution in [-0.4, -0.2) is 18.8 Å². The Kier molecular flexibility index (Phi) is 4.32. The monoisotopic (exact) mass is 291 g/mol. The molecule has 1 aromatic rings. The highest BCUT2D eigenvalue weighted by Gasteiger charge is 2.46. The number of nitrogens with two attached hydrogens (primary N) is 1. The van der Waals surface area contributed by atoms with Crippen molar-refractivity contribution < 1.29 is 9.13 Å². The Morgan fingerprint density at radius 1 is 1.05 bits per heavy atom. The number of hydrogen-bond donors (Lipinski definition) is 1. The number of ether oxygens (including phenoxy) is 1. The lowest BCUT2D eigenvalue weighted by Crippen LogP contribution is -2.49. The molecule has 1 atom stereocenters. The SMILES string of the molecule is NCCC1(c2ccc(F)cc2)CCOC2(CCCCC2)C1. The van der Waals surface area contributed by atoms with Gasteiger partial charge in [-0.2, -0.15) is 0 Å². The van der Waals surface area contributed by atoms with Crippen LogP contribution in [0.3, 0.4) is 0 Å². The first kappa shape index (κ1) is 15.0. The molecule has 0 aromatic heterocycles. The molecular formula is C18H26FNO. The first-order chi connectivity index (χ1) is 10.2. The van der Waals surface area contributed by atoms with Crippen LogP contribution in [0.5, 0.6) is 0 Å². The van der Waals surface area contributed by atoms with Crippen LogP contribution in [0.4, 0.5) is 4.39 Å². The first-order valence-corrected chi connectivity index (χ1v) is 8.28. The molecule has 2 aliphatic rings. The molecule has 1 aliphatic heterocycles. The molecule has 0 bridgehead atoms. The Morgan fingerprint density at radius 3 is 2.43 bits per heavy atom. The van der Waals surface area contributed by atoms with Gasteiger partial charge < -0.3 is 10.5 Å². The van der Waals surface area contributed by atoms with E-state index >= 15 is 0 Å². The maximum Gasteiger partial charge on any atom is 0.123 e. The van der Waals surface area contributed by atoms with E-state index in [9.17, 15) is 4.39 Å². The van der Waals surface area contributed by atoms with Gasteiger partial charge in [0.2, 0.25) is 0 Å². The quantitative estimate of drug-likeness (QED) is 0.916. The Balaban J connectivity index is 1.90. The van der Waals surface area contributed by atoms with Crippen molar-refractivity contribution in [2.45, 2.75) is 62.4 Å². The van der Waals surface area contributed by atoms with Crippen LogP contribution in [0.15, 0.2) is 24.3 Å². The van der Waals surface area contributed by atoms with Gasteiger partial charge in [-0.25, -0.2) is 4.39 Å². The van der Waals surface area contributed by atoms with E-state index in [1.165, 1.54) is 37.7 Å². The summed E-state index contributed by atoms with van der Waals surface area (Å²) in [6.07, 6.45) is 9.20. The minimum Gasteiger partial charge on any atom is -0.375 e. The van der Waals surface area contributed by atoms with E-state index in [4.69, 9.17) is 10.5 Å². The normalized spacial score (nSPS) is 28.7. The highest BCUT2D eigenvalue weighted by atomic mass is 19.1. The third kappa shape index (κ3) is 3.00. The topological polar surface area (TPSA) is 35.2 Å². The van der Waals surface area contributed by atoms with Gasteiger partial charge in [0.05, 0.1) is 5.60 Å². The molecule has 3 rings (SSSR count). The lowest BCUT2D eigenvalue weighted by Gasteiger charge is -2.50. The Morgan fingerprint density at radius 2 is 1.76 bits per heavy atom. The predicted octanol–water partition coefficient (Wildman–Crippen LogP) is 3.93. The molecule has 21 heavy (non-hydrogen) atoms. The van der Waals surface area contributed by atoms with Crippen molar-refractivity contribution in [1.29, 1.82) is 0 Å². The van der Waals surface area contributed by atoms with Gasteiger partial charge in [0, 0.05) is 12.0 Å². The molecule has 1 aromatic carbocycles. The lowest BCUT2D eigenvalue weighted by atomic mass is 9.63. The molecule has 2 fully saturated rings. The van der Waals surface area contributed by atoms with Gasteiger partial charge >= 0.3 is 0 Å². The molecule has 1 heterocycles. The number of halogens is 1. The highest BCUT2D eigenvalue weighted by Crippen LogP contribution is 2.49. The molecule has 1 saturated heterocycles. The number of benzene rings is 1. The Labute approximate surface area is 126 Å². The van der Waals surface area contributed by atoms with E-state index in [1.807, 2.05) is 12.1 Å². The molecule has 1 unspecified atom stereocenters. The van der Waals surface area contributed by atoms with E-state index < -0.39 is 0 Å². The Bertz CT molecular complexity index is 457. The summed E-state index contributed by atoms with van der Waals surface area (Å²) in [6.45, 7) is 1.48. The summed E-state index contributed by atoms with van der Waals surface area (Å²) in [5, 5.41) is 0. The molecule has 3 heteroatoms. The highest BCUT2D eigenvalue weighted by molar-refractivity contribution is 5.28. The van der Waals surface area contributed by atoms with Gasteiger partial charge in [-0.1, -0.05) is 31.4 Å². The summed E-state index contributed by atoms with van der Waals surface area (Å²) in [5.41, 5.74) is 7.26. The summed E-state index contributed by atoms with van der Waals surface area (Å²) in [6, 6.07) is 7.06. The number of hydrogen-bond acceptors (Lipinski definition) is 2. The zero-order valence-corrected chi connectivity index (χ0v) is 12.7. The second-order valence-corrected chi connectivity index (χ2v) is 6.84. The second-order valence-electron chi connectivity index (χ2n) is 6.84. The molecule has 116 valence electrons. The molecule has 1 spiro atoms. The van der Waals surface area contributed by atoms with Crippen molar-refractivity contribution in [2.75, 3.05) is 13.2 Å². The molecule has 0 amide bonds. The van der Waals surface area contributed by atoms with Gasteiger partial charge in [0.1, 0.15) is 5.82 Å². The van der Waals surface area contributed by atoms with Crippen molar-refractivity contribution in [3.63, 3.8) is 0 Å². The van der Waals surface area contributed by atoms with E-state index in [-0.39, 0.29) is 16.8 Å². The zero-order valence-electron chi connectivity index (χ0n) is 12.7. The molecule has 2 nitrogen and oxygen atoms in total. The molecule has 1 saturated carbocycles. The van der Waals surface area contributed by atoms with Gasteiger partial charge in [-0.3, -0.25) is 0 Å². The first-order valence-electron chi connectivity index (χ1n) is 8.28. The molecular weight excluding hydrogens is 265 g/mol. The summed E-state index contributed by atoms with van der Waals surface area (Å²) in [5.74, 6) is -0.166. The van der Waals surface area contributed by atoms with Crippen molar-refractivity contribution in [1.82, 2.24) is 0 Å². The van der Waals surface area contributed by atoms with Crippen LogP contribution in [0.25, 0.3) is 0 Å². The van der Waals surface area contributed by atoms with Crippen LogP contribution >= 0.6 is 0 Å². The smallest absolute Gasteiger partial charge is 0.123 e. The fourth-order valence-corrected chi connectivity index (χ4v) is 4.42. The molecule has 0 radical (unpaired) electrons. The van der Waals surface area contributed by atoms with Crippen molar-refractivity contribution in [3.05, 3.63) is 35.6 Å². The average Bonchev–Trinajstić information content (AvgIpc) is 2.49. The van der Waals surface area contributed by atoms with Gasteiger partial charge in [0.15, 0.2) is 0 Å². The van der Waals surface area contributed by atoms with Crippen LogP contribution in [-0.2, 0) is 10.2 Å². The number of rotatable bonds is 3. The van der Waals surface area contributed by atoms with E-state index in [0.717, 1.165) is 25.9 Å². The minimum absolute atomic E-state index is 0.0417. The fraction of sp³-hybridized carbons (Fsp3) is 0.667. The summed E-state index contributed by atoms with van der Waals surface area (Å²) < 4.78 is 19.5. The lowest BCUT2D eigenvalue weighted by molar-refractivity contribution is -0.126. The van der Waals surface area contributed by atoms with Crippen molar-refractivity contribution in [2.24, 2.45) is 5.73 Å². The predicted molar refractivity (Wildman–Crippen MR) is 82.8 cm³/mol. The van der Waals surface area contributed by atoms with Gasteiger partial charge in [0.25, 0.3) is 0 Å². The van der Waals surface area contributed by atoms with Crippen LogP contribution in [0.1, 0.15) is 56.9 Å². The standard InChI is InChI=1S/C18H26FNO/c19-16-6-4-15(5-7-16)17(10-12-20)11-13-21-18(14-17)8-2-1-3-9-18/h4-7H,1-3,8-14,20H2. The summed E-state index contributed by atoms with van der Waals surface area (Å²) in [4.78, 5) is 0. The van der Waals surface area contributed by atoms with E-state index in [1.54, 1.807) is 12.1 Å². The maximum absolute atomic E-state index is 13.3. The molecule has 1 aliphatic carbocycles. The minimum atomic E-state index is -0.166. The fourth-order valence-electron chi connectivity index (χ4n) is 4.42. The largest absolute Gasteiger partial charge is 0.375 e. The van der Waals surface area contributed by atoms with Crippen molar-refractivity contribution >= 4 is 0 Å². The van der Waals surface area contributed by atoms with Crippen LogP contribution < -0.4 is 5.73 Å². The van der Waals surface area contributed by atoms with E-state index in [0.29, 0.717) is 6.54 Å². The maximum atomic E-state index is 13.3. The third-order valence-electron chi connectivity index (χ3n) is 5.49. The average molecular weight is 291 g/mol. The second kappa shape index (κ2) is 6.05. The van der Waals surface area contributed by atoms with E-state index in [2.05, 4.69) is 0 Å². The summed E-state index contributed by atoms with van der Waals surface area (Å²) >= 11 is 0. The van der Waals surface area contributed by atoms with Crippen LogP contribution in [0.2, 0.25) is 0 Å². The van der Waals surface area contributed by atoms with Crippen molar-refractivity contribution in [3.8, 4) is 0 Å². The van der Waals surface area contributed by atoms with Gasteiger partial charge in [-0.15, -0.1) is 0 Å². The molecule has 2 N–H and O–H groups in total. The third-order valence-corrected chi connectivity index (χ3v) is 5.49. The Hall–Kier alpha value is -0.930.